The fourth-order valence-corrected chi connectivity index (χ4v) is 2.91. The van der Waals surface area contributed by atoms with E-state index in [1.165, 1.54) is 42.6 Å². The summed E-state index contributed by atoms with van der Waals surface area (Å²) < 4.78 is 5.89. The smallest absolute Gasteiger partial charge is 0.0594 e. The number of hydrogen-bond donors (Lipinski definition) is 1. The molecule has 1 aliphatic rings. The number of nitrogens with one attached hydrogen (secondary N) is 1. The van der Waals surface area contributed by atoms with Crippen molar-refractivity contribution in [3.8, 4) is 0 Å². The second-order valence-corrected chi connectivity index (χ2v) is 6.04. The van der Waals surface area contributed by atoms with Crippen LogP contribution in [0.5, 0.6) is 0 Å². The summed E-state index contributed by atoms with van der Waals surface area (Å²) in [6.07, 6.45) is 9.24. The Morgan fingerprint density at radius 1 is 1.16 bits per heavy atom. The van der Waals surface area contributed by atoms with Gasteiger partial charge in [-0.15, -0.1) is 11.8 Å². The summed E-state index contributed by atoms with van der Waals surface area (Å²) in [4.78, 5) is 1.32. The molecule has 0 heterocycles. The molecule has 2 nitrogen and oxygen atoms in total. The summed E-state index contributed by atoms with van der Waals surface area (Å²) in [5.74, 6) is 0. The van der Waals surface area contributed by atoms with Crippen LogP contribution in [-0.2, 0) is 11.3 Å². The Balaban J connectivity index is 1.55. The first kappa shape index (κ1) is 14.9. The second-order valence-electron chi connectivity index (χ2n) is 5.16. The van der Waals surface area contributed by atoms with E-state index in [-0.39, 0.29) is 0 Å². The third-order valence-electron chi connectivity index (χ3n) is 3.67. The van der Waals surface area contributed by atoms with E-state index in [1.54, 1.807) is 11.8 Å². The molecule has 0 aliphatic heterocycles. The van der Waals surface area contributed by atoms with Crippen molar-refractivity contribution in [1.29, 1.82) is 0 Å². The number of benzene rings is 1. The first-order valence-electron chi connectivity index (χ1n) is 7.34. The lowest BCUT2D eigenvalue weighted by Crippen LogP contribution is -2.24. The van der Waals surface area contributed by atoms with Gasteiger partial charge >= 0.3 is 0 Å². The molecule has 3 heteroatoms. The van der Waals surface area contributed by atoms with Crippen LogP contribution in [0.4, 0.5) is 0 Å². The van der Waals surface area contributed by atoms with E-state index in [9.17, 15) is 0 Å². The molecular weight excluding hydrogens is 254 g/mol. The highest BCUT2D eigenvalue weighted by Crippen LogP contribution is 2.19. The van der Waals surface area contributed by atoms with Crippen LogP contribution in [-0.4, -0.2) is 25.5 Å². The molecule has 2 rings (SSSR count). The monoisotopic (exact) mass is 279 g/mol. The molecule has 1 aromatic rings. The molecule has 0 aromatic heterocycles. The Kier molecular flexibility index (Phi) is 6.75. The topological polar surface area (TPSA) is 21.3 Å². The number of ether oxygens (including phenoxy) is 1. The predicted molar refractivity (Wildman–Crippen MR) is 82.8 cm³/mol. The van der Waals surface area contributed by atoms with Crippen LogP contribution in [0.2, 0.25) is 0 Å². The Morgan fingerprint density at radius 2 is 1.89 bits per heavy atom. The first-order chi connectivity index (χ1) is 9.38. The molecule has 1 aliphatic carbocycles. The zero-order chi connectivity index (χ0) is 13.3. The maximum atomic E-state index is 5.89. The predicted octanol–water partition coefficient (Wildman–Crippen LogP) is 3.85. The molecule has 0 atom stereocenters. The highest BCUT2D eigenvalue weighted by Gasteiger charge is 2.12. The third kappa shape index (κ3) is 5.55. The zero-order valence-electron chi connectivity index (χ0n) is 11.9. The third-order valence-corrected chi connectivity index (χ3v) is 4.42. The summed E-state index contributed by atoms with van der Waals surface area (Å²) in [5, 5.41) is 3.45. The van der Waals surface area contributed by atoms with Gasteiger partial charge in [-0.1, -0.05) is 31.4 Å². The van der Waals surface area contributed by atoms with Crippen molar-refractivity contribution in [2.45, 2.75) is 49.6 Å². The van der Waals surface area contributed by atoms with E-state index in [4.69, 9.17) is 4.74 Å². The molecule has 106 valence electrons. The van der Waals surface area contributed by atoms with Gasteiger partial charge in [-0.05, 0) is 36.8 Å². The summed E-state index contributed by atoms with van der Waals surface area (Å²) in [6, 6.07) is 8.75. The van der Waals surface area contributed by atoms with Gasteiger partial charge in [-0.2, -0.15) is 0 Å². The Labute approximate surface area is 121 Å². The van der Waals surface area contributed by atoms with Crippen LogP contribution in [0.3, 0.4) is 0 Å². The van der Waals surface area contributed by atoms with Gasteiger partial charge in [0.05, 0.1) is 12.7 Å². The fourth-order valence-electron chi connectivity index (χ4n) is 2.51. The van der Waals surface area contributed by atoms with Crippen LogP contribution in [0, 0.1) is 0 Å². The molecule has 0 amide bonds. The Hall–Kier alpha value is -0.510. The van der Waals surface area contributed by atoms with Crippen molar-refractivity contribution in [2.75, 3.05) is 19.4 Å². The molecule has 0 radical (unpaired) electrons. The first-order valence-corrected chi connectivity index (χ1v) is 8.56. The van der Waals surface area contributed by atoms with Crippen molar-refractivity contribution < 1.29 is 4.74 Å². The zero-order valence-corrected chi connectivity index (χ0v) is 12.7. The fraction of sp³-hybridized carbons (Fsp3) is 0.625. The van der Waals surface area contributed by atoms with E-state index in [0.717, 1.165) is 19.7 Å². The number of hydrogen-bond acceptors (Lipinski definition) is 3. The van der Waals surface area contributed by atoms with Gasteiger partial charge in [0, 0.05) is 18.0 Å². The van der Waals surface area contributed by atoms with Gasteiger partial charge in [0.2, 0.25) is 0 Å². The van der Waals surface area contributed by atoms with Crippen LogP contribution >= 0.6 is 11.8 Å². The van der Waals surface area contributed by atoms with Gasteiger partial charge in [0.15, 0.2) is 0 Å². The van der Waals surface area contributed by atoms with Crippen molar-refractivity contribution in [3.63, 3.8) is 0 Å². The molecule has 1 aromatic carbocycles. The minimum atomic E-state index is 0.524. The van der Waals surface area contributed by atoms with Crippen molar-refractivity contribution >= 4 is 11.8 Å². The van der Waals surface area contributed by atoms with E-state index in [1.807, 2.05) is 0 Å². The molecule has 0 unspecified atom stereocenters. The van der Waals surface area contributed by atoms with Gasteiger partial charge in [-0.25, -0.2) is 0 Å². The summed E-state index contributed by atoms with van der Waals surface area (Å²) in [7, 11) is 0. The van der Waals surface area contributed by atoms with Crippen LogP contribution in [0.1, 0.15) is 37.7 Å². The lowest BCUT2D eigenvalue weighted by atomic mass is 9.98. The van der Waals surface area contributed by atoms with Crippen LogP contribution in [0.15, 0.2) is 29.2 Å². The van der Waals surface area contributed by atoms with Gasteiger partial charge in [-0.3, -0.25) is 0 Å². The highest BCUT2D eigenvalue weighted by molar-refractivity contribution is 7.98. The van der Waals surface area contributed by atoms with Crippen LogP contribution < -0.4 is 5.32 Å². The minimum absolute atomic E-state index is 0.524. The summed E-state index contributed by atoms with van der Waals surface area (Å²) in [6.45, 7) is 2.72. The maximum absolute atomic E-state index is 5.89. The molecule has 1 saturated carbocycles. The van der Waals surface area contributed by atoms with Crippen molar-refractivity contribution in [1.82, 2.24) is 5.32 Å². The molecule has 0 saturated heterocycles. The molecule has 1 N–H and O–H groups in total. The lowest BCUT2D eigenvalue weighted by Gasteiger charge is -2.22. The standard InChI is InChI=1S/C16H25NOS/c1-19-16-9-7-14(8-10-16)13-17-11-12-18-15-5-3-2-4-6-15/h7-10,15,17H,2-6,11-13H2,1H3. The van der Waals surface area contributed by atoms with Gasteiger partial charge in [0.1, 0.15) is 0 Å². The number of thioether (sulfide) groups is 1. The number of rotatable bonds is 7. The van der Waals surface area contributed by atoms with E-state index >= 15 is 0 Å². The molecule has 1 fully saturated rings. The second kappa shape index (κ2) is 8.62. The summed E-state index contributed by atoms with van der Waals surface area (Å²) in [5.41, 5.74) is 1.34. The van der Waals surface area contributed by atoms with Crippen molar-refractivity contribution in [3.05, 3.63) is 29.8 Å². The van der Waals surface area contributed by atoms with E-state index in [2.05, 4.69) is 35.8 Å². The Morgan fingerprint density at radius 3 is 2.58 bits per heavy atom. The maximum Gasteiger partial charge on any atom is 0.0594 e. The van der Waals surface area contributed by atoms with Crippen molar-refractivity contribution in [2.24, 2.45) is 0 Å². The van der Waals surface area contributed by atoms with E-state index < -0.39 is 0 Å². The molecule has 0 bridgehead atoms. The highest BCUT2D eigenvalue weighted by atomic mass is 32.2. The van der Waals surface area contributed by atoms with E-state index in [0.29, 0.717) is 6.10 Å². The largest absolute Gasteiger partial charge is 0.377 e. The summed E-state index contributed by atoms with van der Waals surface area (Å²) >= 11 is 1.78. The van der Waals surface area contributed by atoms with Crippen LogP contribution in [0.25, 0.3) is 0 Å². The van der Waals surface area contributed by atoms with Gasteiger partial charge in [0.25, 0.3) is 0 Å². The average Bonchev–Trinajstić information content (AvgIpc) is 2.49. The molecule has 0 spiro atoms. The molecule has 19 heavy (non-hydrogen) atoms. The Bertz CT molecular complexity index is 346. The average molecular weight is 279 g/mol. The quantitative estimate of drug-likeness (QED) is 0.605. The minimum Gasteiger partial charge on any atom is -0.377 e. The van der Waals surface area contributed by atoms with Gasteiger partial charge < -0.3 is 10.1 Å². The normalized spacial score (nSPS) is 16.7. The lowest BCUT2D eigenvalue weighted by molar-refractivity contribution is 0.0302. The molecular formula is C16H25NOS. The SMILES string of the molecule is CSc1ccc(CNCCOC2CCCCC2)cc1.